The third-order valence-corrected chi connectivity index (χ3v) is 15.4. The molecule has 0 spiro atoms. The number of piperazine rings is 1. The first kappa shape index (κ1) is 69.0. The maximum absolute atomic E-state index is 14.6. The van der Waals surface area contributed by atoms with Crippen LogP contribution in [0.2, 0.25) is 0 Å². The molecule has 4 rings (SSSR count). The van der Waals surface area contributed by atoms with Gasteiger partial charge in [-0.2, -0.15) is 0 Å². The van der Waals surface area contributed by atoms with Crippen molar-refractivity contribution >= 4 is 64.3 Å². The van der Waals surface area contributed by atoms with E-state index in [1.165, 1.54) is 13.8 Å². The summed E-state index contributed by atoms with van der Waals surface area (Å²) in [4.78, 5) is 146. The predicted molar refractivity (Wildman–Crippen MR) is 313 cm³/mol. The van der Waals surface area contributed by atoms with Gasteiger partial charge in [0, 0.05) is 81.5 Å². The molecule has 0 radical (unpaired) electrons. The molecule has 0 aliphatic carbocycles. The van der Waals surface area contributed by atoms with Gasteiger partial charge in [0.15, 0.2) is 23.1 Å². The Morgan fingerprint density at radius 3 is 1.76 bits per heavy atom. The van der Waals surface area contributed by atoms with E-state index in [0.29, 0.717) is 11.1 Å². The summed E-state index contributed by atoms with van der Waals surface area (Å²) in [6.45, 7) is 9.03. The first-order chi connectivity index (χ1) is 39.5. The second-order valence-corrected chi connectivity index (χ2v) is 22.6. The third kappa shape index (κ3) is 22.2. The largest absolute Gasteiger partial charge is 0.393 e. The highest BCUT2D eigenvalue weighted by Crippen LogP contribution is 2.23. The molecule has 0 aromatic heterocycles. The molecule has 6 amide bonds. The molecule has 0 saturated carbocycles. The number of aliphatic hydroxyl groups is 2. The Bertz CT molecular complexity index is 2470. The van der Waals surface area contributed by atoms with Crippen molar-refractivity contribution in [2.75, 3.05) is 70.9 Å². The molecule has 24 heteroatoms. The molecule has 2 aliphatic heterocycles. The van der Waals surface area contributed by atoms with Gasteiger partial charge in [0.05, 0.1) is 42.2 Å². The zero-order chi connectivity index (χ0) is 61.3. The summed E-state index contributed by atoms with van der Waals surface area (Å²) in [5.74, 6) is -12.3. The van der Waals surface area contributed by atoms with Crippen LogP contribution in [-0.4, -0.2) is 182 Å². The van der Waals surface area contributed by atoms with Gasteiger partial charge in [-0.3, -0.25) is 47.9 Å². The first-order valence-corrected chi connectivity index (χ1v) is 29.1. The van der Waals surface area contributed by atoms with Gasteiger partial charge in [-0.25, -0.2) is 0 Å². The first-order valence-electron chi connectivity index (χ1n) is 29.1. The van der Waals surface area contributed by atoms with Gasteiger partial charge in [0.25, 0.3) is 0 Å². The Morgan fingerprint density at radius 1 is 0.651 bits per heavy atom. The third-order valence-electron chi connectivity index (χ3n) is 15.4. The number of Topliss-reactive ketones (excluding diaryl/α,β-unsaturated/α-hetero) is 4. The highest BCUT2D eigenvalue weighted by molar-refractivity contribution is 6.01. The number of benzene rings is 2. The SMILES string of the molecule is CC(C)C[C@@H]1NC(=O)[C@@H](Cc2ccccc2)CC(=O)[C@H](CCN)NC(=O)[C@@H](CC(=O)[C@H](CCN)NC(=O)[C@@H](CC(=O)c2ccc(N3CCN(C)CC3)cc2)C(C)O)CCNC(=O)[C@H](C(C)O)CC(=O)[C@H](CCN)NC(=O)[C@H](CCN)NC1=O. The second kappa shape index (κ2) is 34.9. The Morgan fingerprint density at radius 2 is 1.19 bits per heavy atom. The van der Waals surface area contributed by atoms with Crippen molar-refractivity contribution in [3.05, 3.63) is 65.7 Å². The second-order valence-electron chi connectivity index (χ2n) is 22.6. The Labute approximate surface area is 487 Å². The minimum Gasteiger partial charge on any atom is -0.393 e. The van der Waals surface area contributed by atoms with Crippen LogP contribution in [0.5, 0.6) is 0 Å². The minimum atomic E-state index is -1.41. The molecule has 2 unspecified atom stereocenters. The molecule has 83 heavy (non-hydrogen) atoms. The number of likely N-dealkylation sites (N-methyl/N-ethyl adjacent to an activating group) is 1. The summed E-state index contributed by atoms with van der Waals surface area (Å²) in [5, 5.41) is 37.9. The van der Waals surface area contributed by atoms with Gasteiger partial charge in [-0.15, -0.1) is 0 Å². The Kier molecular flexibility index (Phi) is 29.0. The molecule has 16 N–H and O–H groups in total. The summed E-state index contributed by atoms with van der Waals surface area (Å²) in [7, 11) is 2.05. The van der Waals surface area contributed by atoms with E-state index in [2.05, 4.69) is 48.7 Å². The van der Waals surface area contributed by atoms with Gasteiger partial charge < -0.3 is 74.8 Å². The van der Waals surface area contributed by atoms with E-state index in [1.54, 1.807) is 42.5 Å². The van der Waals surface area contributed by atoms with Gasteiger partial charge in [-0.05, 0) is 128 Å². The lowest BCUT2D eigenvalue weighted by atomic mass is 9.89. The molecule has 2 saturated heterocycles. The number of hydrogen-bond donors (Lipinski definition) is 12. The van der Waals surface area contributed by atoms with Gasteiger partial charge in [0.1, 0.15) is 12.1 Å². The highest BCUT2D eigenvalue weighted by Gasteiger charge is 2.38. The Balaban J connectivity index is 1.70. The molecule has 0 bridgehead atoms. The van der Waals surface area contributed by atoms with E-state index in [4.69, 9.17) is 22.9 Å². The number of carbonyl (C=O) groups excluding carboxylic acids is 10. The highest BCUT2D eigenvalue weighted by atomic mass is 16.3. The molecule has 11 atom stereocenters. The molecule has 2 fully saturated rings. The van der Waals surface area contributed by atoms with Crippen molar-refractivity contribution in [3.63, 3.8) is 0 Å². The van der Waals surface area contributed by atoms with E-state index in [0.717, 1.165) is 31.9 Å². The summed E-state index contributed by atoms with van der Waals surface area (Å²) in [6, 6.07) is 9.42. The number of amides is 6. The topological polar surface area (TPSA) is 394 Å². The van der Waals surface area contributed by atoms with Crippen LogP contribution in [0.3, 0.4) is 0 Å². The normalized spacial score (nSPS) is 24.1. The van der Waals surface area contributed by atoms with Crippen LogP contribution in [0.1, 0.15) is 108 Å². The van der Waals surface area contributed by atoms with E-state index in [1.807, 2.05) is 26.0 Å². The summed E-state index contributed by atoms with van der Waals surface area (Å²) in [6.07, 6.45) is -5.28. The number of anilines is 1. The lowest BCUT2D eigenvalue weighted by Gasteiger charge is -2.34. The zero-order valence-corrected chi connectivity index (χ0v) is 48.9. The molecule has 24 nitrogen and oxygen atoms in total. The molecule has 460 valence electrons. The monoisotopic (exact) mass is 1160 g/mol. The summed E-state index contributed by atoms with van der Waals surface area (Å²) >= 11 is 0. The number of nitrogens with zero attached hydrogens (tertiary/aromatic N) is 2. The fourth-order valence-corrected chi connectivity index (χ4v) is 10.3. The summed E-state index contributed by atoms with van der Waals surface area (Å²) in [5.41, 5.74) is 25.7. The molecule has 2 aromatic rings. The van der Waals surface area contributed by atoms with Crippen molar-refractivity contribution in [1.29, 1.82) is 0 Å². The molecular weight excluding hydrogens is 1070 g/mol. The van der Waals surface area contributed by atoms with E-state index < -0.39 is 150 Å². The van der Waals surface area contributed by atoms with Gasteiger partial charge in [0.2, 0.25) is 35.4 Å². The maximum Gasteiger partial charge on any atom is 0.243 e. The van der Waals surface area contributed by atoms with Crippen LogP contribution in [0, 0.1) is 29.6 Å². The molecule has 2 heterocycles. The number of ketones is 4. The molecule has 2 aliphatic rings. The maximum atomic E-state index is 14.6. The lowest BCUT2D eigenvalue weighted by molar-refractivity contribution is -0.136. The number of carbonyl (C=O) groups is 10. The van der Waals surface area contributed by atoms with E-state index in [9.17, 15) is 58.2 Å². The van der Waals surface area contributed by atoms with Gasteiger partial charge >= 0.3 is 0 Å². The Hall–Kier alpha value is -6.54. The summed E-state index contributed by atoms with van der Waals surface area (Å²) < 4.78 is 0. The van der Waals surface area contributed by atoms with Gasteiger partial charge in [-0.1, -0.05) is 44.2 Å². The quantitative estimate of drug-likeness (QED) is 0.0578. The van der Waals surface area contributed by atoms with Crippen LogP contribution in [0.25, 0.3) is 0 Å². The average molecular weight is 1160 g/mol. The number of hydrogen-bond acceptors (Lipinski definition) is 18. The predicted octanol–water partition coefficient (Wildman–Crippen LogP) is -1.26. The molecule has 2 aromatic carbocycles. The fraction of sp³-hybridized carbons (Fsp3) is 0.627. The van der Waals surface area contributed by atoms with Crippen molar-refractivity contribution in [2.24, 2.45) is 52.5 Å². The standard InChI is InChI=1S/C59H92N12O12/c1-35(2)29-49-59(83)68-48(18-23-63)58(82)67-47(17-22-62)53(77)34-43(36(3)72)56(80)64-24-19-40(54(78)65-45(15-20-60)52(76)32-41(55(79)69-49)30-38-9-7-6-8-10-38)31-51(75)46(16-21-61)66-57(81)44(37(4)73)33-50(74)39-11-13-42(14-12-39)71-27-25-70(5)26-28-71/h6-14,35-37,40-41,43-49,72-73H,15-34,60-63H2,1-5H3,(H,64,80)(H,65,78)(H,66,81)(H,67,82)(H,68,83)(H,69,79)/t36?,37?,40-,41+,43+,44+,45+,46+,47+,48+,49+/m1/s1. The van der Waals surface area contributed by atoms with Crippen molar-refractivity contribution in [3.8, 4) is 0 Å². The average Bonchev–Trinajstić information content (AvgIpc) is 3.63. The van der Waals surface area contributed by atoms with E-state index in [-0.39, 0.29) is 83.6 Å². The van der Waals surface area contributed by atoms with Crippen LogP contribution < -0.4 is 59.7 Å². The van der Waals surface area contributed by atoms with Crippen molar-refractivity contribution in [2.45, 2.75) is 141 Å². The lowest BCUT2D eigenvalue weighted by Crippen LogP contribution is -2.57. The van der Waals surface area contributed by atoms with Crippen LogP contribution in [-0.2, 0) is 49.6 Å². The van der Waals surface area contributed by atoms with E-state index >= 15 is 0 Å². The molecular formula is C59H92N12O12. The number of rotatable bonds is 23. The van der Waals surface area contributed by atoms with Crippen LogP contribution in [0.15, 0.2) is 54.6 Å². The smallest absolute Gasteiger partial charge is 0.243 e. The van der Waals surface area contributed by atoms with Crippen LogP contribution >= 0.6 is 0 Å². The fourth-order valence-electron chi connectivity index (χ4n) is 10.3. The van der Waals surface area contributed by atoms with Crippen molar-refractivity contribution < 1.29 is 58.2 Å². The van der Waals surface area contributed by atoms with Crippen LogP contribution in [0.4, 0.5) is 5.69 Å². The number of nitrogens with two attached hydrogens (primary N) is 4. The number of aliphatic hydroxyl groups excluding tert-OH is 2. The minimum absolute atomic E-state index is 0.0271. The van der Waals surface area contributed by atoms with Crippen molar-refractivity contribution in [1.82, 2.24) is 36.8 Å². The number of nitrogens with one attached hydrogen (secondary N) is 6. The zero-order valence-electron chi connectivity index (χ0n) is 48.9.